The van der Waals surface area contributed by atoms with Gasteiger partial charge in [0, 0.05) is 0 Å². The number of ether oxygens (including phenoxy) is 1. The zero-order chi connectivity index (χ0) is 8.27. The molecule has 11 heavy (non-hydrogen) atoms. The Morgan fingerprint density at radius 2 is 2.18 bits per heavy atom. The molecular formula is C9H16O2. The predicted molar refractivity (Wildman–Crippen MR) is 43.1 cm³/mol. The summed E-state index contributed by atoms with van der Waals surface area (Å²) < 4.78 is 4.70. The SMILES string of the molecule is COC(=O)[C@@H]1CCC[C@@H](C)C1. The van der Waals surface area contributed by atoms with Gasteiger partial charge in [-0.3, -0.25) is 4.79 Å². The summed E-state index contributed by atoms with van der Waals surface area (Å²) in [6, 6.07) is 0. The first kappa shape index (κ1) is 8.57. The zero-order valence-electron chi connectivity index (χ0n) is 7.30. The van der Waals surface area contributed by atoms with E-state index in [4.69, 9.17) is 4.74 Å². The molecule has 0 spiro atoms. The lowest BCUT2D eigenvalue weighted by atomic mass is 9.82. The minimum Gasteiger partial charge on any atom is -0.469 e. The Balaban J connectivity index is 2.39. The van der Waals surface area contributed by atoms with Crippen LogP contribution in [-0.4, -0.2) is 13.1 Å². The van der Waals surface area contributed by atoms with Crippen molar-refractivity contribution in [3.05, 3.63) is 0 Å². The number of carbonyl (C=O) groups excluding carboxylic acids is 1. The third-order valence-corrected chi connectivity index (χ3v) is 2.47. The summed E-state index contributed by atoms with van der Waals surface area (Å²) in [7, 11) is 1.47. The van der Waals surface area contributed by atoms with Gasteiger partial charge in [0.25, 0.3) is 0 Å². The minimum atomic E-state index is -0.0171. The summed E-state index contributed by atoms with van der Waals surface area (Å²) in [5, 5.41) is 0. The molecule has 0 heterocycles. The average molecular weight is 156 g/mol. The highest BCUT2D eigenvalue weighted by atomic mass is 16.5. The fourth-order valence-corrected chi connectivity index (χ4v) is 1.81. The number of hydrogen-bond donors (Lipinski definition) is 0. The first-order chi connectivity index (χ1) is 5.24. The Hall–Kier alpha value is -0.530. The molecule has 0 N–H and O–H groups in total. The third kappa shape index (κ3) is 2.21. The predicted octanol–water partition coefficient (Wildman–Crippen LogP) is 1.99. The van der Waals surface area contributed by atoms with Crippen molar-refractivity contribution in [3.63, 3.8) is 0 Å². The Morgan fingerprint density at radius 3 is 2.73 bits per heavy atom. The molecule has 0 aromatic carbocycles. The quantitative estimate of drug-likeness (QED) is 0.543. The first-order valence-corrected chi connectivity index (χ1v) is 4.32. The summed E-state index contributed by atoms with van der Waals surface area (Å²) in [6.45, 7) is 2.20. The van der Waals surface area contributed by atoms with Crippen molar-refractivity contribution in [2.24, 2.45) is 11.8 Å². The van der Waals surface area contributed by atoms with Crippen molar-refractivity contribution in [1.29, 1.82) is 0 Å². The summed E-state index contributed by atoms with van der Waals surface area (Å²) in [6.07, 6.45) is 4.50. The van der Waals surface area contributed by atoms with Gasteiger partial charge in [-0.2, -0.15) is 0 Å². The number of carbonyl (C=O) groups is 1. The third-order valence-electron chi connectivity index (χ3n) is 2.47. The molecular weight excluding hydrogens is 140 g/mol. The first-order valence-electron chi connectivity index (χ1n) is 4.32. The van der Waals surface area contributed by atoms with Crippen LogP contribution in [0, 0.1) is 11.8 Å². The monoisotopic (exact) mass is 156 g/mol. The molecule has 64 valence electrons. The van der Waals surface area contributed by atoms with Gasteiger partial charge < -0.3 is 4.74 Å². The molecule has 0 unspecified atom stereocenters. The molecule has 2 heteroatoms. The summed E-state index contributed by atoms with van der Waals surface area (Å²) in [5.74, 6) is 0.869. The van der Waals surface area contributed by atoms with Crippen LogP contribution in [-0.2, 0) is 9.53 Å². The normalized spacial score (nSPS) is 31.5. The van der Waals surface area contributed by atoms with E-state index in [0.717, 1.165) is 12.8 Å². The lowest BCUT2D eigenvalue weighted by Gasteiger charge is -2.24. The van der Waals surface area contributed by atoms with E-state index in [0.29, 0.717) is 5.92 Å². The fourth-order valence-electron chi connectivity index (χ4n) is 1.81. The van der Waals surface area contributed by atoms with Crippen molar-refractivity contribution in [3.8, 4) is 0 Å². The lowest BCUT2D eigenvalue weighted by Crippen LogP contribution is -2.22. The second-order valence-electron chi connectivity index (χ2n) is 3.49. The maximum absolute atomic E-state index is 11.1. The van der Waals surface area contributed by atoms with E-state index in [1.807, 2.05) is 0 Å². The highest BCUT2D eigenvalue weighted by Gasteiger charge is 2.25. The second-order valence-corrected chi connectivity index (χ2v) is 3.49. The van der Waals surface area contributed by atoms with Crippen molar-refractivity contribution in [2.45, 2.75) is 32.6 Å². The van der Waals surface area contributed by atoms with Crippen LogP contribution in [0.4, 0.5) is 0 Å². The maximum Gasteiger partial charge on any atom is 0.308 e. The summed E-state index contributed by atoms with van der Waals surface area (Å²) in [5.41, 5.74) is 0. The van der Waals surface area contributed by atoms with E-state index in [-0.39, 0.29) is 11.9 Å². The fraction of sp³-hybridized carbons (Fsp3) is 0.889. The van der Waals surface area contributed by atoms with Crippen LogP contribution in [0.3, 0.4) is 0 Å². The van der Waals surface area contributed by atoms with E-state index in [1.54, 1.807) is 0 Å². The molecule has 1 aliphatic carbocycles. The van der Waals surface area contributed by atoms with Gasteiger partial charge in [0.15, 0.2) is 0 Å². The van der Waals surface area contributed by atoms with Gasteiger partial charge in [-0.05, 0) is 18.8 Å². The molecule has 0 aliphatic heterocycles. The van der Waals surface area contributed by atoms with Crippen molar-refractivity contribution >= 4 is 5.97 Å². The number of esters is 1. The Kier molecular flexibility index (Phi) is 2.92. The largest absolute Gasteiger partial charge is 0.469 e. The van der Waals surface area contributed by atoms with Crippen LogP contribution in [0.15, 0.2) is 0 Å². The molecule has 1 fully saturated rings. The molecule has 0 radical (unpaired) electrons. The summed E-state index contributed by atoms with van der Waals surface area (Å²) in [4.78, 5) is 11.1. The molecule has 2 atom stereocenters. The molecule has 1 saturated carbocycles. The number of methoxy groups -OCH3 is 1. The minimum absolute atomic E-state index is 0.0171. The lowest BCUT2D eigenvalue weighted by molar-refractivity contribution is -0.147. The van der Waals surface area contributed by atoms with Crippen LogP contribution in [0.1, 0.15) is 32.6 Å². The van der Waals surface area contributed by atoms with E-state index >= 15 is 0 Å². The molecule has 0 aromatic heterocycles. The maximum atomic E-state index is 11.1. The molecule has 0 amide bonds. The van der Waals surface area contributed by atoms with E-state index in [9.17, 15) is 4.79 Å². The van der Waals surface area contributed by atoms with Gasteiger partial charge in [0.2, 0.25) is 0 Å². The molecule has 1 rings (SSSR count). The standard InChI is InChI=1S/C9H16O2/c1-7-4-3-5-8(6-7)9(10)11-2/h7-8H,3-6H2,1-2H3/t7-,8-/m1/s1. The highest BCUT2D eigenvalue weighted by molar-refractivity contribution is 5.72. The van der Waals surface area contributed by atoms with Gasteiger partial charge in [-0.1, -0.05) is 19.8 Å². The van der Waals surface area contributed by atoms with Gasteiger partial charge in [-0.15, -0.1) is 0 Å². The van der Waals surface area contributed by atoms with Crippen LogP contribution >= 0.6 is 0 Å². The Bertz CT molecular complexity index is 142. The second kappa shape index (κ2) is 3.74. The van der Waals surface area contributed by atoms with Gasteiger partial charge >= 0.3 is 5.97 Å². The molecule has 0 bridgehead atoms. The highest BCUT2D eigenvalue weighted by Crippen LogP contribution is 2.28. The molecule has 0 saturated heterocycles. The molecule has 0 aromatic rings. The van der Waals surface area contributed by atoms with Crippen LogP contribution in [0.2, 0.25) is 0 Å². The Morgan fingerprint density at radius 1 is 1.45 bits per heavy atom. The van der Waals surface area contributed by atoms with E-state index < -0.39 is 0 Å². The van der Waals surface area contributed by atoms with Gasteiger partial charge in [-0.25, -0.2) is 0 Å². The molecule has 1 aliphatic rings. The zero-order valence-corrected chi connectivity index (χ0v) is 7.30. The van der Waals surface area contributed by atoms with Crippen molar-refractivity contribution in [1.82, 2.24) is 0 Å². The summed E-state index contributed by atoms with van der Waals surface area (Å²) >= 11 is 0. The van der Waals surface area contributed by atoms with E-state index in [2.05, 4.69) is 6.92 Å². The smallest absolute Gasteiger partial charge is 0.308 e. The van der Waals surface area contributed by atoms with Crippen LogP contribution < -0.4 is 0 Å². The van der Waals surface area contributed by atoms with E-state index in [1.165, 1.54) is 20.0 Å². The van der Waals surface area contributed by atoms with Crippen molar-refractivity contribution in [2.75, 3.05) is 7.11 Å². The van der Waals surface area contributed by atoms with Gasteiger partial charge in [0.1, 0.15) is 0 Å². The van der Waals surface area contributed by atoms with Crippen LogP contribution in [0.25, 0.3) is 0 Å². The van der Waals surface area contributed by atoms with Crippen LogP contribution in [0.5, 0.6) is 0 Å². The topological polar surface area (TPSA) is 26.3 Å². The molecule has 2 nitrogen and oxygen atoms in total. The average Bonchev–Trinajstić information content (AvgIpc) is 2.03. The Labute approximate surface area is 67.9 Å². The van der Waals surface area contributed by atoms with Gasteiger partial charge in [0.05, 0.1) is 13.0 Å². The number of rotatable bonds is 1. The number of hydrogen-bond acceptors (Lipinski definition) is 2. The van der Waals surface area contributed by atoms with Crippen molar-refractivity contribution < 1.29 is 9.53 Å².